The van der Waals surface area contributed by atoms with Crippen LogP contribution in [0.5, 0.6) is 0 Å². The first kappa shape index (κ1) is 22.3. The third kappa shape index (κ3) is 4.45. The number of aromatic nitrogens is 1. The SMILES string of the molecule is O=C(N[C@H]1C[C@H]2CC[C@@H](C1)N2S(=O)(=O)N1CCC(NCCO)CC1)c1cc(C2CC2)on1. The molecule has 2 bridgehead atoms. The van der Waals surface area contributed by atoms with Crippen LogP contribution in [0.4, 0.5) is 0 Å². The largest absolute Gasteiger partial charge is 0.395 e. The van der Waals surface area contributed by atoms with Crippen LogP contribution < -0.4 is 10.6 Å². The molecule has 3 aliphatic heterocycles. The van der Waals surface area contributed by atoms with E-state index in [2.05, 4.69) is 15.8 Å². The minimum Gasteiger partial charge on any atom is -0.395 e. The molecule has 4 fully saturated rings. The van der Waals surface area contributed by atoms with Gasteiger partial charge in [-0.25, -0.2) is 0 Å². The number of nitrogens with zero attached hydrogens (tertiary/aromatic N) is 3. The van der Waals surface area contributed by atoms with Crippen LogP contribution in [0.15, 0.2) is 10.6 Å². The summed E-state index contributed by atoms with van der Waals surface area (Å²) in [6, 6.07) is 1.78. The third-order valence-corrected chi connectivity index (χ3v) is 9.48. The molecule has 1 aromatic heterocycles. The Bertz CT molecular complexity index is 911. The van der Waals surface area contributed by atoms with Crippen molar-refractivity contribution in [2.24, 2.45) is 0 Å². The van der Waals surface area contributed by atoms with Crippen molar-refractivity contribution in [3.63, 3.8) is 0 Å². The van der Waals surface area contributed by atoms with Gasteiger partial charge in [-0.15, -0.1) is 0 Å². The number of aliphatic hydroxyl groups is 1. The number of rotatable bonds is 8. The van der Waals surface area contributed by atoms with Crippen LogP contribution >= 0.6 is 0 Å². The maximum Gasteiger partial charge on any atom is 0.282 e. The van der Waals surface area contributed by atoms with E-state index in [0.29, 0.717) is 44.1 Å². The van der Waals surface area contributed by atoms with Crippen LogP contribution in [0, 0.1) is 0 Å². The number of carbonyl (C=O) groups excluding carboxylic acids is 1. The third-order valence-electron chi connectivity index (χ3n) is 7.33. The lowest BCUT2D eigenvalue weighted by atomic mass is 9.99. The molecule has 3 N–H and O–H groups in total. The van der Waals surface area contributed by atoms with Crippen molar-refractivity contribution in [3.05, 3.63) is 17.5 Å². The van der Waals surface area contributed by atoms with E-state index in [4.69, 9.17) is 9.63 Å². The van der Waals surface area contributed by atoms with Gasteiger partial charge < -0.3 is 20.3 Å². The van der Waals surface area contributed by atoms with Gasteiger partial charge >= 0.3 is 0 Å². The molecule has 0 radical (unpaired) electrons. The maximum atomic E-state index is 13.4. The topological polar surface area (TPSA) is 128 Å². The average Bonchev–Trinajstić information content (AvgIpc) is 3.44. The number of amides is 1. The fraction of sp³-hybridized carbons (Fsp3) is 0.810. The second kappa shape index (κ2) is 9.02. The van der Waals surface area contributed by atoms with Crippen LogP contribution in [-0.4, -0.2) is 83.6 Å². The number of nitrogens with one attached hydrogen (secondary N) is 2. The first-order chi connectivity index (χ1) is 15.5. The lowest BCUT2D eigenvalue weighted by Crippen LogP contribution is -2.57. The molecule has 178 valence electrons. The van der Waals surface area contributed by atoms with Gasteiger partial charge in [0, 0.05) is 55.8 Å². The highest BCUT2D eigenvalue weighted by molar-refractivity contribution is 7.86. The first-order valence-corrected chi connectivity index (χ1v) is 13.3. The summed E-state index contributed by atoms with van der Waals surface area (Å²) in [5.41, 5.74) is 0.312. The van der Waals surface area contributed by atoms with Crippen LogP contribution in [0.25, 0.3) is 0 Å². The molecular formula is C21H33N5O5S. The van der Waals surface area contributed by atoms with E-state index in [1.807, 2.05) is 0 Å². The van der Waals surface area contributed by atoms with Gasteiger partial charge in [0.2, 0.25) is 0 Å². The molecule has 10 nitrogen and oxygen atoms in total. The molecule has 0 spiro atoms. The van der Waals surface area contributed by atoms with Crippen LogP contribution in [0.2, 0.25) is 0 Å². The Morgan fingerprint density at radius 2 is 1.78 bits per heavy atom. The predicted octanol–water partition coefficient (Wildman–Crippen LogP) is 0.568. The van der Waals surface area contributed by atoms with E-state index in [1.54, 1.807) is 14.7 Å². The molecule has 3 atom stereocenters. The summed E-state index contributed by atoms with van der Waals surface area (Å²) in [5.74, 6) is 0.953. The van der Waals surface area contributed by atoms with Crippen LogP contribution in [0.3, 0.4) is 0 Å². The van der Waals surface area contributed by atoms with Crippen molar-refractivity contribution in [2.45, 2.75) is 81.5 Å². The molecule has 4 aliphatic rings. The van der Waals surface area contributed by atoms with Crippen molar-refractivity contribution in [1.82, 2.24) is 24.4 Å². The second-order valence-corrected chi connectivity index (χ2v) is 11.4. The Balaban J connectivity index is 1.18. The lowest BCUT2D eigenvalue weighted by Gasteiger charge is -2.42. The summed E-state index contributed by atoms with van der Waals surface area (Å²) in [4.78, 5) is 12.6. The molecule has 1 amide bonds. The molecule has 5 rings (SSSR count). The Hall–Kier alpha value is -1.53. The van der Waals surface area contributed by atoms with Crippen molar-refractivity contribution < 1.29 is 22.8 Å². The summed E-state index contributed by atoms with van der Waals surface area (Å²) in [6.45, 7) is 1.62. The maximum absolute atomic E-state index is 13.4. The second-order valence-electron chi connectivity index (χ2n) is 9.60. The Morgan fingerprint density at radius 1 is 1.09 bits per heavy atom. The van der Waals surface area contributed by atoms with Gasteiger partial charge in [0.15, 0.2) is 5.69 Å². The highest BCUT2D eigenvalue weighted by Crippen LogP contribution is 2.41. The van der Waals surface area contributed by atoms with E-state index >= 15 is 0 Å². The quantitative estimate of drug-likeness (QED) is 0.510. The first-order valence-electron chi connectivity index (χ1n) is 11.9. The van der Waals surface area contributed by atoms with E-state index < -0.39 is 10.2 Å². The summed E-state index contributed by atoms with van der Waals surface area (Å²) >= 11 is 0. The number of hydrogen-bond acceptors (Lipinski definition) is 7. The lowest BCUT2D eigenvalue weighted by molar-refractivity contribution is 0.0897. The molecule has 32 heavy (non-hydrogen) atoms. The zero-order valence-corrected chi connectivity index (χ0v) is 19.1. The van der Waals surface area contributed by atoms with Crippen molar-refractivity contribution in [1.29, 1.82) is 0 Å². The fourth-order valence-electron chi connectivity index (χ4n) is 5.54. The highest BCUT2D eigenvalue weighted by Gasteiger charge is 2.49. The van der Waals surface area contributed by atoms with Gasteiger partial charge in [-0.3, -0.25) is 4.79 Å². The monoisotopic (exact) mass is 467 g/mol. The number of piperidine rings is 2. The van der Waals surface area contributed by atoms with E-state index in [1.165, 1.54) is 0 Å². The van der Waals surface area contributed by atoms with Gasteiger partial charge in [0.1, 0.15) is 5.76 Å². The van der Waals surface area contributed by atoms with Crippen LogP contribution in [-0.2, 0) is 10.2 Å². The van der Waals surface area contributed by atoms with E-state index in [9.17, 15) is 13.2 Å². The number of hydrogen-bond donors (Lipinski definition) is 3. The summed E-state index contributed by atoms with van der Waals surface area (Å²) in [6.07, 6.45) is 6.60. The Morgan fingerprint density at radius 3 is 2.41 bits per heavy atom. The number of aliphatic hydroxyl groups excluding tert-OH is 1. The highest BCUT2D eigenvalue weighted by atomic mass is 32.2. The van der Waals surface area contributed by atoms with Crippen molar-refractivity contribution >= 4 is 16.1 Å². The van der Waals surface area contributed by atoms with Gasteiger partial charge in [0.05, 0.1) is 6.61 Å². The minimum absolute atomic E-state index is 0.0547. The predicted molar refractivity (Wildman–Crippen MR) is 116 cm³/mol. The Kier molecular flexibility index (Phi) is 6.28. The number of fused-ring (bicyclic) bond motifs is 2. The average molecular weight is 468 g/mol. The molecule has 1 aromatic rings. The van der Waals surface area contributed by atoms with Crippen molar-refractivity contribution in [3.8, 4) is 0 Å². The van der Waals surface area contributed by atoms with E-state index in [0.717, 1.165) is 44.3 Å². The van der Waals surface area contributed by atoms with Gasteiger partial charge in [-0.05, 0) is 51.4 Å². The molecule has 1 aliphatic carbocycles. The van der Waals surface area contributed by atoms with Gasteiger partial charge in [-0.2, -0.15) is 17.0 Å². The smallest absolute Gasteiger partial charge is 0.282 e. The van der Waals surface area contributed by atoms with Crippen LogP contribution in [0.1, 0.15) is 73.5 Å². The molecule has 0 unspecified atom stereocenters. The fourth-order valence-corrected chi connectivity index (χ4v) is 7.61. The Labute approximate surface area is 188 Å². The zero-order chi connectivity index (χ0) is 22.3. The summed E-state index contributed by atoms with van der Waals surface area (Å²) in [5, 5.41) is 19.2. The van der Waals surface area contributed by atoms with Gasteiger partial charge in [0.25, 0.3) is 16.1 Å². The molecule has 3 saturated heterocycles. The normalized spacial score (nSPS) is 30.0. The molecule has 4 heterocycles. The van der Waals surface area contributed by atoms with E-state index in [-0.39, 0.29) is 36.7 Å². The summed E-state index contributed by atoms with van der Waals surface area (Å²) < 4.78 is 35.5. The van der Waals surface area contributed by atoms with Gasteiger partial charge in [-0.1, -0.05) is 5.16 Å². The standard InChI is InChI=1S/C21H33N5O5S/c27-10-7-22-15-5-8-25(9-6-15)32(29,30)26-17-3-4-18(26)12-16(11-17)23-21(28)19-13-20(31-24-19)14-1-2-14/h13-18,22,27H,1-12H2,(H,23,28)/t16-,17+,18-. The minimum atomic E-state index is -3.52. The number of carbonyl (C=O) groups is 1. The summed E-state index contributed by atoms with van der Waals surface area (Å²) in [7, 11) is -3.52. The molecule has 11 heteroatoms. The van der Waals surface area contributed by atoms with Crippen molar-refractivity contribution in [2.75, 3.05) is 26.2 Å². The zero-order valence-electron chi connectivity index (χ0n) is 18.3. The molecule has 1 saturated carbocycles. The molecule has 0 aromatic carbocycles. The molecular weight excluding hydrogens is 434 g/mol.